The highest BCUT2D eigenvalue weighted by Crippen LogP contribution is 2.40. The van der Waals surface area contributed by atoms with Crippen LogP contribution in [-0.2, 0) is 4.74 Å². The zero-order valence-corrected chi connectivity index (χ0v) is 13.1. The van der Waals surface area contributed by atoms with Crippen LogP contribution >= 0.6 is 11.6 Å². The Morgan fingerprint density at radius 2 is 1.91 bits per heavy atom. The fourth-order valence-electron chi connectivity index (χ4n) is 2.61. The first-order chi connectivity index (χ1) is 11.2. The molecule has 3 rings (SSSR count). The van der Waals surface area contributed by atoms with E-state index in [1.165, 1.54) is 7.11 Å². The largest absolute Gasteiger partial charge is 0.465 e. The van der Waals surface area contributed by atoms with E-state index >= 15 is 0 Å². The fourth-order valence-corrected chi connectivity index (χ4v) is 2.88. The molecule has 0 bridgehead atoms. The second-order valence-electron chi connectivity index (χ2n) is 4.98. The highest BCUT2D eigenvalue weighted by molar-refractivity contribution is 6.34. The number of ether oxygens (including phenoxy) is 1. The van der Waals surface area contributed by atoms with Crippen molar-refractivity contribution in [2.24, 2.45) is 0 Å². The van der Waals surface area contributed by atoms with Crippen molar-refractivity contribution in [2.75, 3.05) is 7.11 Å². The predicted molar refractivity (Wildman–Crippen MR) is 92.0 cm³/mol. The molecule has 0 saturated carbocycles. The van der Waals surface area contributed by atoms with Gasteiger partial charge in [0.2, 0.25) is 0 Å². The van der Waals surface area contributed by atoms with E-state index in [9.17, 15) is 4.79 Å². The van der Waals surface area contributed by atoms with E-state index in [1.807, 2.05) is 24.3 Å². The highest BCUT2D eigenvalue weighted by atomic mass is 35.5. The second kappa shape index (κ2) is 6.12. The number of carbonyl (C=O) groups excluding carboxylic acids is 1. The van der Waals surface area contributed by atoms with Crippen LogP contribution in [0.1, 0.15) is 10.4 Å². The minimum Gasteiger partial charge on any atom is -0.465 e. The van der Waals surface area contributed by atoms with E-state index in [-0.39, 0.29) is 0 Å². The molecule has 0 atom stereocenters. The highest BCUT2D eigenvalue weighted by Gasteiger charge is 2.14. The molecule has 3 aromatic rings. The number of rotatable bonds is 2. The molecular formula is C19H12ClNO2. The Kier molecular flexibility index (Phi) is 4.01. The van der Waals surface area contributed by atoms with Gasteiger partial charge in [-0.05, 0) is 34.5 Å². The topological polar surface area (TPSA) is 30.7 Å². The van der Waals surface area contributed by atoms with Gasteiger partial charge >= 0.3 is 5.97 Å². The van der Waals surface area contributed by atoms with Gasteiger partial charge in [0, 0.05) is 10.6 Å². The number of hydrogen-bond acceptors (Lipinski definition) is 2. The lowest BCUT2D eigenvalue weighted by molar-refractivity contribution is 0.0601. The second-order valence-corrected chi connectivity index (χ2v) is 5.39. The molecule has 0 aliphatic rings. The van der Waals surface area contributed by atoms with Gasteiger partial charge in [0.1, 0.15) is 0 Å². The Balaban J connectivity index is 2.35. The van der Waals surface area contributed by atoms with E-state index in [1.54, 1.807) is 30.3 Å². The van der Waals surface area contributed by atoms with Crippen molar-refractivity contribution in [3.05, 3.63) is 76.6 Å². The number of esters is 1. The average molecular weight is 322 g/mol. The van der Waals surface area contributed by atoms with Gasteiger partial charge in [-0.25, -0.2) is 9.64 Å². The number of nitrogens with zero attached hydrogens (tertiary/aromatic N) is 1. The third kappa shape index (κ3) is 2.65. The molecule has 0 radical (unpaired) electrons. The zero-order valence-electron chi connectivity index (χ0n) is 12.3. The van der Waals surface area contributed by atoms with Gasteiger partial charge in [-0.2, -0.15) is 0 Å². The lowest BCUT2D eigenvalue weighted by Crippen LogP contribution is -2.00. The van der Waals surface area contributed by atoms with E-state index in [0.717, 1.165) is 16.3 Å². The van der Waals surface area contributed by atoms with Gasteiger partial charge < -0.3 is 4.74 Å². The van der Waals surface area contributed by atoms with Gasteiger partial charge in [0.15, 0.2) is 5.69 Å². The van der Waals surface area contributed by atoms with Crippen LogP contribution in [0.2, 0.25) is 5.02 Å². The maximum Gasteiger partial charge on any atom is 0.337 e. The molecule has 0 heterocycles. The maximum absolute atomic E-state index is 11.8. The SMILES string of the molecule is [C-]#[N+]c1cccc(Cl)c1-c1cccc2ccc(C(=O)OC)cc12. The van der Waals surface area contributed by atoms with Crippen molar-refractivity contribution in [1.82, 2.24) is 0 Å². The van der Waals surface area contributed by atoms with Crippen molar-refractivity contribution >= 4 is 34.0 Å². The molecule has 0 saturated heterocycles. The summed E-state index contributed by atoms with van der Waals surface area (Å²) in [5, 5.41) is 2.33. The number of benzene rings is 3. The maximum atomic E-state index is 11.8. The van der Waals surface area contributed by atoms with Crippen molar-refractivity contribution in [1.29, 1.82) is 0 Å². The van der Waals surface area contributed by atoms with Crippen molar-refractivity contribution in [2.45, 2.75) is 0 Å². The summed E-state index contributed by atoms with van der Waals surface area (Å²) < 4.78 is 4.79. The molecule has 112 valence electrons. The predicted octanol–water partition coefficient (Wildman–Crippen LogP) is 5.50. The van der Waals surface area contributed by atoms with Gasteiger partial charge in [0.25, 0.3) is 0 Å². The molecule has 0 amide bonds. The lowest BCUT2D eigenvalue weighted by Gasteiger charge is -2.11. The van der Waals surface area contributed by atoms with Crippen LogP contribution in [0.25, 0.3) is 26.7 Å². The van der Waals surface area contributed by atoms with Gasteiger partial charge in [-0.3, -0.25) is 0 Å². The summed E-state index contributed by atoms with van der Waals surface area (Å²) in [7, 11) is 1.35. The Morgan fingerprint density at radius 1 is 1.13 bits per heavy atom. The molecule has 0 spiro atoms. The normalized spacial score (nSPS) is 10.3. The summed E-state index contributed by atoms with van der Waals surface area (Å²) >= 11 is 6.34. The first-order valence-electron chi connectivity index (χ1n) is 6.93. The minimum atomic E-state index is -0.397. The number of fused-ring (bicyclic) bond motifs is 1. The molecule has 0 unspecified atom stereocenters. The molecule has 3 nitrogen and oxygen atoms in total. The summed E-state index contributed by atoms with van der Waals surface area (Å²) in [5.41, 5.74) is 2.44. The molecule has 0 aliphatic carbocycles. The third-order valence-electron chi connectivity index (χ3n) is 3.68. The van der Waals surface area contributed by atoms with E-state index in [0.29, 0.717) is 21.8 Å². The molecule has 3 aromatic carbocycles. The molecule has 0 aromatic heterocycles. The quantitative estimate of drug-likeness (QED) is 0.461. The Labute approximate surface area is 138 Å². The molecule has 23 heavy (non-hydrogen) atoms. The van der Waals surface area contributed by atoms with Crippen LogP contribution in [0.3, 0.4) is 0 Å². The first-order valence-corrected chi connectivity index (χ1v) is 7.31. The summed E-state index contributed by atoms with van der Waals surface area (Å²) in [5.74, 6) is -0.397. The first kappa shape index (κ1) is 15.1. The lowest BCUT2D eigenvalue weighted by atomic mass is 9.95. The average Bonchev–Trinajstić information content (AvgIpc) is 2.60. The smallest absolute Gasteiger partial charge is 0.337 e. The number of carbonyl (C=O) groups is 1. The number of methoxy groups -OCH3 is 1. The van der Waals surface area contributed by atoms with Crippen LogP contribution in [0.15, 0.2) is 54.6 Å². The molecular weight excluding hydrogens is 310 g/mol. The number of halogens is 1. The van der Waals surface area contributed by atoms with Crippen molar-refractivity contribution in [3.8, 4) is 11.1 Å². The standard InChI is InChI=1S/C19H12ClNO2/c1-21-17-8-4-7-16(20)18(17)14-6-3-5-12-9-10-13(11-15(12)14)19(22)23-2/h3-11H,2H3. The van der Waals surface area contributed by atoms with Crippen LogP contribution in [-0.4, -0.2) is 13.1 Å². The van der Waals surface area contributed by atoms with Crippen LogP contribution < -0.4 is 0 Å². The third-order valence-corrected chi connectivity index (χ3v) is 4.00. The monoisotopic (exact) mass is 321 g/mol. The van der Waals surface area contributed by atoms with Crippen molar-refractivity contribution < 1.29 is 9.53 Å². The fraction of sp³-hybridized carbons (Fsp3) is 0.0526. The molecule has 0 fully saturated rings. The summed E-state index contributed by atoms with van der Waals surface area (Å²) in [6, 6.07) is 16.4. The molecule has 4 heteroatoms. The minimum absolute atomic E-state index is 0.397. The Bertz CT molecular complexity index is 957. The van der Waals surface area contributed by atoms with Gasteiger partial charge in [0.05, 0.1) is 19.2 Å². The molecule has 0 aliphatic heterocycles. The van der Waals surface area contributed by atoms with Crippen LogP contribution in [0.5, 0.6) is 0 Å². The zero-order chi connectivity index (χ0) is 16.4. The number of hydrogen-bond donors (Lipinski definition) is 0. The van der Waals surface area contributed by atoms with E-state index in [4.69, 9.17) is 22.9 Å². The van der Waals surface area contributed by atoms with Crippen molar-refractivity contribution in [3.63, 3.8) is 0 Å². The van der Waals surface area contributed by atoms with E-state index in [2.05, 4.69) is 4.85 Å². The Hall–Kier alpha value is -2.83. The summed E-state index contributed by atoms with van der Waals surface area (Å²) in [6.45, 7) is 7.37. The summed E-state index contributed by atoms with van der Waals surface area (Å²) in [6.07, 6.45) is 0. The summed E-state index contributed by atoms with van der Waals surface area (Å²) in [4.78, 5) is 15.4. The Morgan fingerprint density at radius 3 is 2.65 bits per heavy atom. The van der Waals surface area contributed by atoms with Crippen LogP contribution in [0, 0.1) is 6.57 Å². The van der Waals surface area contributed by atoms with Gasteiger partial charge in [-0.1, -0.05) is 48.0 Å². The van der Waals surface area contributed by atoms with Crippen LogP contribution in [0.4, 0.5) is 5.69 Å². The molecule has 0 N–H and O–H groups in total. The van der Waals surface area contributed by atoms with E-state index < -0.39 is 5.97 Å². The van der Waals surface area contributed by atoms with Gasteiger partial charge in [-0.15, -0.1) is 0 Å².